The summed E-state index contributed by atoms with van der Waals surface area (Å²) in [5.41, 5.74) is 0.253. The van der Waals surface area contributed by atoms with Gasteiger partial charge in [0, 0.05) is 4.47 Å². The molecule has 6 heteroatoms. The number of methoxy groups -OCH3 is 1. The number of hydrogen-bond donors (Lipinski definition) is 0. The summed E-state index contributed by atoms with van der Waals surface area (Å²) in [6.45, 7) is 0. The Morgan fingerprint density at radius 3 is 2.75 bits per heavy atom. The lowest BCUT2D eigenvalue weighted by Crippen LogP contribution is -2.27. The lowest BCUT2D eigenvalue weighted by molar-refractivity contribution is 0.124. The third kappa shape index (κ3) is 1.55. The zero-order valence-corrected chi connectivity index (χ0v) is 10.3. The van der Waals surface area contributed by atoms with Crippen molar-refractivity contribution in [2.24, 2.45) is 0 Å². The van der Waals surface area contributed by atoms with E-state index in [-0.39, 0.29) is 11.6 Å². The summed E-state index contributed by atoms with van der Waals surface area (Å²) in [5.74, 6) is 0. The maximum Gasteiger partial charge on any atom is 0.334 e. The van der Waals surface area contributed by atoms with E-state index in [1.807, 2.05) is 6.07 Å². The molecule has 0 atom stereocenters. The summed E-state index contributed by atoms with van der Waals surface area (Å²) >= 11 is 3.33. The number of rotatable bonds is 2. The van der Waals surface area contributed by atoms with E-state index < -0.39 is 0 Å². The Hall–Kier alpha value is -1.56. The van der Waals surface area contributed by atoms with Gasteiger partial charge in [-0.2, -0.15) is 4.98 Å². The monoisotopic (exact) mass is 284 g/mol. The van der Waals surface area contributed by atoms with Gasteiger partial charge in [0.2, 0.25) is 0 Å². The Bertz CT molecular complexity index is 594. The molecule has 1 aromatic heterocycles. The quantitative estimate of drug-likeness (QED) is 0.832. The highest BCUT2D eigenvalue weighted by atomic mass is 79.9. The molecular weight excluding hydrogens is 276 g/mol. The molecule has 84 valence electrons. The molecule has 0 radical (unpaired) electrons. The molecule has 0 saturated heterocycles. The number of benzene rings is 1. The largest absolute Gasteiger partial charge is 0.466 e. The van der Waals surface area contributed by atoms with Gasteiger partial charge in [-0.1, -0.05) is 10.8 Å². The molecule has 1 heterocycles. The number of halogens is 1. The van der Waals surface area contributed by atoms with Gasteiger partial charge < -0.3 is 9.57 Å². The van der Waals surface area contributed by atoms with Gasteiger partial charge in [-0.15, -0.1) is 0 Å². The van der Waals surface area contributed by atoms with Gasteiger partial charge in [-0.05, 0) is 28.1 Å². The second kappa shape index (κ2) is 4.13. The van der Waals surface area contributed by atoms with E-state index >= 15 is 0 Å². The zero-order chi connectivity index (χ0) is 11.7. The summed E-state index contributed by atoms with van der Waals surface area (Å²) in [5, 5.41) is 0.469. The first-order chi connectivity index (χ1) is 7.69. The first kappa shape index (κ1) is 10.9. The molecular formula is C10H9BrN2O3. The Kier molecular flexibility index (Phi) is 2.82. The Labute approximate surface area is 99.7 Å². The topological polar surface area (TPSA) is 53.3 Å². The van der Waals surface area contributed by atoms with Crippen LogP contribution in [-0.2, 0) is 0 Å². The van der Waals surface area contributed by atoms with E-state index in [0.717, 1.165) is 9.20 Å². The number of fused-ring (bicyclic) bond motifs is 1. The van der Waals surface area contributed by atoms with Crippen molar-refractivity contribution in [3.05, 3.63) is 33.0 Å². The van der Waals surface area contributed by atoms with Crippen LogP contribution in [0, 0.1) is 0 Å². The summed E-state index contributed by atoms with van der Waals surface area (Å²) in [4.78, 5) is 21.1. The molecule has 0 fully saturated rings. The van der Waals surface area contributed by atoms with Crippen LogP contribution in [0.25, 0.3) is 10.9 Å². The number of nitrogens with zero attached hydrogens (tertiary/aromatic N) is 2. The molecule has 0 aliphatic carbocycles. The van der Waals surface area contributed by atoms with Gasteiger partial charge in [0.25, 0.3) is 5.56 Å². The van der Waals surface area contributed by atoms with Crippen LogP contribution in [0.1, 0.15) is 0 Å². The van der Waals surface area contributed by atoms with Gasteiger partial charge in [0.15, 0.2) is 0 Å². The highest BCUT2D eigenvalue weighted by Crippen LogP contribution is 2.21. The van der Waals surface area contributed by atoms with Crippen molar-refractivity contribution in [1.29, 1.82) is 0 Å². The van der Waals surface area contributed by atoms with E-state index in [0.29, 0.717) is 10.9 Å². The maximum absolute atomic E-state index is 12.0. The highest BCUT2D eigenvalue weighted by molar-refractivity contribution is 9.10. The Morgan fingerprint density at radius 2 is 2.12 bits per heavy atom. The number of hydrogen-bond acceptors (Lipinski definition) is 4. The number of para-hydroxylation sites is 1. The fourth-order valence-corrected chi connectivity index (χ4v) is 1.88. The lowest BCUT2D eigenvalue weighted by atomic mass is 10.2. The molecule has 1 aromatic carbocycles. The zero-order valence-electron chi connectivity index (χ0n) is 8.73. The lowest BCUT2D eigenvalue weighted by Gasteiger charge is -2.09. The fraction of sp³-hybridized carbons (Fsp3) is 0.200. The van der Waals surface area contributed by atoms with Gasteiger partial charge >= 0.3 is 6.01 Å². The molecule has 0 saturated carbocycles. The summed E-state index contributed by atoms with van der Waals surface area (Å²) in [6.07, 6.45) is 0. The summed E-state index contributed by atoms with van der Waals surface area (Å²) in [6, 6.07) is 5.38. The van der Waals surface area contributed by atoms with Gasteiger partial charge in [-0.25, -0.2) is 0 Å². The first-order valence-corrected chi connectivity index (χ1v) is 5.28. The Morgan fingerprint density at radius 1 is 1.38 bits per heavy atom. The Balaban J connectivity index is 2.93. The minimum atomic E-state index is -0.300. The number of ether oxygens (including phenoxy) is 1. The molecule has 0 amide bonds. The molecule has 0 aliphatic heterocycles. The van der Waals surface area contributed by atoms with E-state index in [2.05, 4.69) is 20.9 Å². The second-order valence-corrected chi connectivity index (χ2v) is 3.87. The highest BCUT2D eigenvalue weighted by Gasteiger charge is 2.12. The molecule has 0 bridgehead atoms. The van der Waals surface area contributed by atoms with Crippen molar-refractivity contribution < 1.29 is 9.57 Å². The normalized spacial score (nSPS) is 10.4. The van der Waals surface area contributed by atoms with Crippen LogP contribution in [0.2, 0.25) is 0 Å². The molecule has 2 aromatic rings. The molecule has 2 rings (SSSR count). The van der Waals surface area contributed by atoms with Crippen LogP contribution in [0.15, 0.2) is 27.5 Å². The number of aromatic nitrogens is 2. The van der Waals surface area contributed by atoms with Crippen LogP contribution in [0.3, 0.4) is 0 Å². The molecule has 0 aliphatic rings. The molecule has 5 nitrogen and oxygen atoms in total. The molecule has 0 N–H and O–H groups in total. The van der Waals surface area contributed by atoms with Gasteiger partial charge in [0.05, 0.1) is 18.0 Å². The molecule has 16 heavy (non-hydrogen) atoms. The standard InChI is InChI=1S/C10H9BrN2O3/c1-15-10-12-8-6(4-3-5-7(8)11)9(14)13(10)16-2/h3-5H,1-2H3. The van der Waals surface area contributed by atoms with Crippen molar-refractivity contribution >= 4 is 26.8 Å². The third-order valence-electron chi connectivity index (χ3n) is 2.15. The molecule has 0 unspecified atom stereocenters. The van der Waals surface area contributed by atoms with Crippen molar-refractivity contribution in [3.8, 4) is 6.01 Å². The maximum atomic E-state index is 12.0. The smallest absolute Gasteiger partial charge is 0.334 e. The minimum absolute atomic E-state index is 0.118. The minimum Gasteiger partial charge on any atom is -0.466 e. The van der Waals surface area contributed by atoms with Crippen LogP contribution in [0.5, 0.6) is 6.01 Å². The van der Waals surface area contributed by atoms with Crippen molar-refractivity contribution in [1.82, 2.24) is 9.71 Å². The van der Waals surface area contributed by atoms with Gasteiger partial charge in [0.1, 0.15) is 7.11 Å². The van der Waals surface area contributed by atoms with Crippen LogP contribution < -0.4 is 15.1 Å². The van der Waals surface area contributed by atoms with Crippen molar-refractivity contribution in [2.75, 3.05) is 14.2 Å². The average Bonchev–Trinajstić information content (AvgIpc) is 2.30. The average molecular weight is 285 g/mol. The van der Waals surface area contributed by atoms with Crippen LogP contribution in [-0.4, -0.2) is 23.9 Å². The second-order valence-electron chi connectivity index (χ2n) is 3.02. The van der Waals surface area contributed by atoms with Crippen LogP contribution >= 0.6 is 15.9 Å². The molecule has 0 spiro atoms. The van der Waals surface area contributed by atoms with Crippen LogP contribution in [0.4, 0.5) is 0 Å². The van der Waals surface area contributed by atoms with E-state index in [1.54, 1.807) is 12.1 Å². The van der Waals surface area contributed by atoms with E-state index in [1.165, 1.54) is 14.2 Å². The fourth-order valence-electron chi connectivity index (χ4n) is 1.43. The third-order valence-corrected chi connectivity index (χ3v) is 2.79. The predicted molar refractivity (Wildman–Crippen MR) is 62.8 cm³/mol. The summed E-state index contributed by atoms with van der Waals surface area (Å²) < 4.78 is 6.73. The SMILES string of the molecule is COc1nc2c(Br)cccc2c(=O)n1OC. The van der Waals surface area contributed by atoms with Gasteiger partial charge in [-0.3, -0.25) is 4.79 Å². The summed E-state index contributed by atoms with van der Waals surface area (Å²) in [7, 11) is 2.81. The van der Waals surface area contributed by atoms with Crippen molar-refractivity contribution in [2.45, 2.75) is 0 Å². The van der Waals surface area contributed by atoms with Crippen molar-refractivity contribution in [3.63, 3.8) is 0 Å². The van der Waals surface area contributed by atoms with E-state index in [9.17, 15) is 4.79 Å². The van der Waals surface area contributed by atoms with E-state index in [4.69, 9.17) is 9.57 Å². The predicted octanol–water partition coefficient (Wildman–Crippen LogP) is 1.23. The first-order valence-electron chi connectivity index (χ1n) is 4.48.